The van der Waals surface area contributed by atoms with Crippen molar-refractivity contribution in [3.63, 3.8) is 0 Å². The van der Waals surface area contributed by atoms with Crippen molar-refractivity contribution in [1.82, 2.24) is 10.9 Å². The molecule has 7 nitrogen and oxygen atoms in total. The summed E-state index contributed by atoms with van der Waals surface area (Å²) in [6, 6.07) is 10.8. The molecule has 2 aromatic rings. The first-order valence-electron chi connectivity index (χ1n) is 7.85. The number of hydrogen-bond donors (Lipinski definition) is 3. The number of aromatic hydroxyl groups is 1. The Labute approximate surface area is 145 Å². The van der Waals surface area contributed by atoms with E-state index in [1.165, 1.54) is 18.2 Å². The van der Waals surface area contributed by atoms with Crippen molar-refractivity contribution in [3.05, 3.63) is 53.6 Å². The first-order valence-corrected chi connectivity index (χ1v) is 7.85. The van der Waals surface area contributed by atoms with E-state index in [1.54, 1.807) is 24.3 Å². The first-order chi connectivity index (χ1) is 12.1. The minimum absolute atomic E-state index is 0.0597. The highest BCUT2D eigenvalue weighted by molar-refractivity contribution is 6.00. The van der Waals surface area contributed by atoms with E-state index in [-0.39, 0.29) is 11.3 Å². The number of rotatable bonds is 6. The van der Waals surface area contributed by atoms with Gasteiger partial charge in [0.25, 0.3) is 11.8 Å². The van der Waals surface area contributed by atoms with Gasteiger partial charge in [-0.1, -0.05) is 12.1 Å². The number of phenols is 1. The third kappa shape index (κ3) is 4.63. The van der Waals surface area contributed by atoms with Crippen molar-refractivity contribution < 1.29 is 24.2 Å². The van der Waals surface area contributed by atoms with Crippen LogP contribution in [0.25, 0.3) is 0 Å². The predicted molar refractivity (Wildman–Crippen MR) is 91.8 cm³/mol. The normalized spacial score (nSPS) is 10.0. The summed E-state index contributed by atoms with van der Waals surface area (Å²) in [5, 5.41) is 9.64. The Morgan fingerprint density at radius 2 is 1.56 bits per heavy atom. The molecule has 0 unspecified atom stereocenters. The van der Waals surface area contributed by atoms with E-state index in [0.717, 1.165) is 0 Å². The van der Waals surface area contributed by atoms with E-state index < -0.39 is 11.8 Å². The topological polar surface area (TPSA) is 96.9 Å². The SMILES string of the molecule is CCOc1ccc(C(=O)NNC(=O)c2ccccc2O)cc1OCC. The van der Waals surface area contributed by atoms with Gasteiger partial charge in [0.15, 0.2) is 11.5 Å². The van der Waals surface area contributed by atoms with Gasteiger partial charge in [0, 0.05) is 5.56 Å². The molecule has 7 heteroatoms. The molecule has 2 amide bonds. The second-order valence-electron chi connectivity index (χ2n) is 4.95. The number of phenolic OH excluding ortho intramolecular Hbond substituents is 1. The number of benzene rings is 2. The van der Waals surface area contributed by atoms with Crippen molar-refractivity contribution in [2.24, 2.45) is 0 Å². The molecule has 0 spiro atoms. The molecule has 0 radical (unpaired) electrons. The fourth-order valence-corrected chi connectivity index (χ4v) is 2.11. The zero-order valence-electron chi connectivity index (χ0n) is 14.0. The lowest BCUT2D eigenvalue weighted by Crippen LogP contribution is -2.41. The average Bonchev–Trinajstić information content (AvgIpc) is 2.61. The van der Waals surface area contributed by atoms with Crippen molar-refractivity contribution in [2.45, 2.75) is 13.8 Å². The molecule has 2 rings (SSSR count). The molecular weight excluding hydrogens is 324 g/mol. The Kier molecular flexibility index (Phi) is 6.22. The van der Waals surface area contributed by atoms with Crippen LogP contribution in [0.1, 0.15) is 34.6 Å². The number of ether oxygens (including phenoxy) is 2. The van der Waals surface area contributed by atoms with Gasteiger partial charge in [-0.3, -0.25) is 20.4 Å². The zero-order valence-corrected chi connectivity index (χ0v) is 14.0. The monoisotopic (exact) mass is 344 g/mol. The summed E-state index contributed by atoms with van der Waals surface area (Å²) in [5.74, 6) is -0.327. The van der Waals surface area contributed by atoms with Crippen LogP contribution in [-0.4, -0.2) is 30.1 Å². The van der Waals surface area contributed by atoms with Gasteiger partial charge < -0.3 is 14.6 Å². The number of nitrogens with one attached hydrogen (secondary N) is 2. The molecule has 0 aromatic heterocycles. The van der Waals surface area contributed by atoms with Gasteiger partial charge in [0.1, 0.15) is 5.75 Å². The second-order valence-corrected chi connectivity index (χ2v) is 4.95. The standard InChI is InChI=1S/C18H20N2O5/c1-3-24-15-10-9-12(11-16(15)25-4-2)17(22)19-20-18(23)13-7-5-6-8-14(13)21/h5-11,21H,3-4H2,1-2H3,(H,19,22)(H,20,23). The quantitative estimate of drug-likeness (QED) is 0.699. The molecule has 0 saturated carbocycles. The Morgan fingerprint density at radius 1 is 0.920 bits per heavy atom. The maximum absolute atomic E-state index is 12.2. The van der Waals surface area contributed by atoms with Crippen LogP contribution in [0.15, 0.2) is 42.5 Å². The molecule has 0 aliphatic carbocycles. The molecule has 0 heterocycles. The van der Waals surface area contributed by atoms with Crippen LogP contribution in [0.5, 0.6) is 17.2 Å². The van der Waals surface area contributed by atoms with Crippen molar-refractivity contribution >= 4 is 11.8 Å². The first kappa shape index (κ1) is 18.1. The van der Waals surface area contributed by atoms with Gasteiger partial charge in [0.05, 0.1) is 18.8 Å². The van der Waals surface area contributed by atoms with Gasteiger partial charge in [-0.2, -0.15) is 0 Å². The second kappa shape index (κ2) is 8.58. The van der Waals surface area contributed by atoms with Crippen molar-refractivity contribution in [3.8, 4) is 17.2 Å². The molecule has 0 atom stereocenters. The Balaban J connectivity index is 2.06. The lowest BCUT2D eigenvalue weighted by atomic mass is 10.2. The van der Waals surface area contributed by atoms with E-state index in [1.807, 2.05) is 13.8 Å². The van der Waals surface area contributed by atoms with E-state index in [2.05, 4.69) is 10.9 Å². The fourth-order valence-electron chi connectivity index (χ4n) is 2.11. The van der Waals surface area contributed by atoms with Crippen LogP contribution in [-0.2, 0) is 0 Å². The third-order valence-electron chi connectivity index (χ3n) is 3.24. The maximum Gasteiger partial charge on any atom is 0.273 e. The summed E-state index contributed by atoms with van der Waals surface area (Å²) in [7, 11) is 0. The smallest absolute Gasteiger partial charge is 0.273 e. The molecule has 132 valence electrons. The Morgan fingerprint density at radius 3 is 2.24 bits per heavy atom. The Hall–Kier alpha value is -3.22. The lowest BCUT2D eigenvalue weighted by molar-refractivity contribution is 0.0844. The molecule has 2 aromatic carbocycles. The highest BCUT2D eigenvalue weighted by atomic mass is 16.5. The van der Waals surface area contributed by atoms with Crippen LogP contribution in [0.4, 0.5) is 0 Å². The zero-order chi connectivity index (χ0) is 18.2. The third-order valence-corrected chi connectivity index (χ3v) is 3.24. The Bertz CT molecular complexity index is 761. The lowest BCUT2D eigenvalue weighted by Gasteiger charge is -2.13. The summed E-state index contributed by atoms with van der Waals surface area (Å²) in [5.41, 5.74) is 4.91. The molecular formula is C18H20N2O5. The van der Waals surface area contributed by atoms with E-state index >= 15 is 0 Å². The molecule has 25 heavy (non-hydrogen) atoms. The van der Waals surface area contributed by atoms with E-state index in [0.29, 0.717) is 30.3 Å². The molecule has 0 bridgehead atoms. The van der Waals surface area contributed by atoms with Gasteiger partial charge in [-0.15, -0.1) is 0 Å². The largest absolute Gasteiger partial charge is 0.507 e. The van der Waals surface area contributed by atoms with Crippen LogP contribution >= 0.6 is 0 Å². The molecule has 3 N–H and O–H groups in total. The highest BCUT2D eigenvalue weighted by Crippen LogP contribution is 2.28. The van der Waals surface area contributed by atoms with Gasteiger partial charge in [0.2, 0.25) is 0 Å². The summed E-state index contributed by atoms with van der Waals surface area (Å²) in [4.78, 5) is 24.2. The molecule has 0 saturated heterocycles. The minimum atomic E-state index is -0.623. The predicted octanol–water partition coefficient (Wildman–Crippen LogP) is 2.26. The highest BCUT2D eigenvalue weighted by Gasteiger charge is 2.14. The number of hydrogen-bond acceptors (Lipinski definition) is 5. The van der Waals surface area contributed by atoms with Crippen LogP contribution in [0, 0.1) is 0 Å². The van der Waals surface area contributed by atoms with Crippen LogP contribution < -0.4 is 20.3 Å². The molecule has 0 fully saturated rings. The van der Waals surface area contributed by atoms with E-state index in [4.69, 9.17) is 9.47 Å². The average molecular weight is 344 g/mol. The van der Waals surface area contributed by atoms with Crippen LogP contribution in [0.2, 0.25) is 0 Å². The van der Waals surface area contributed by atoms with Crippen molar-refractivity contribution in [1.29, 1.82) is 0 Å². The number of amides is 2. The van der Waals surface area contributed by atoms with Gasteiger partial charge >= 0.3 is 0 Å². The van der Waals surface area contributed by atoms with Crippen LogP contribution in [0.3, 0.4) is 0 Å². The van der Waals surface area contributed by atoms with Gasteiger partial charge in [-0.25, -0.2) is 0 Å². The molecule has 0 aliphatic heterocycles. The number of hydrazine groups is 1. The van der Waals surface area contributed by atoms with Crippen molar-refractivity contribution in [2.75, 3.05) is 13.2 Å². The molecule has 0 aliphatic rings. The number of carbonyl (C=O) groups is 2. The van der Waals surface area contributed by atoms with E-state index in [9.17, 15) is 14.7 Å². The van der Waals surface area contributed by atoms with Gasteiger partial charge in [-0.05, 0) is 44.2 Å². The fraction of sp³-hybridized carbons (Fsp3) is 0.222. The maximum atomic E-state index is 12.2. The summed E-state index contributed by atoms with van der Waals surface area (Å²) < 4.78 is 10.9. The minimum Gasteiger partial charge on any atom is -0.507 e. The summed E-state index contributed by atoms with van der Waals surface area (Å²) in [6.45, 7) is 4.58. The summed E-state index contributed by atoms with van der Waals surface area (Å²) in [6.07, 6.45) is 0. The summed E-state index contributed by atoms with van der Waals surface area (Å²) >= 11 is 0. The number of carbonyl (C=O) groups excluding carboxylic acids is 2. The number of para-hydroxylation sites is 1.